The van der Waals surface area contributed by atoms with Crippen LogP contribution in [-0.2, 0) is 11.3 Å². The highest BCUT2D eigenvalue weighted by Gasteiger charge is 2.39. The molecule has 102 valence electrons. The molecule has 0 aliphatic carbocycles. The summed E-state index contributed by atoms with van der Waals surface area (Å²) in [5, 5.41) is 0.0150. The van der Waals surface area contributed by atoms with Crippen LogP contribution < -0.4 is 5.43 Å². The summed E-state index contributed by atoms with van der Waals surface area (Å²) in [6.45, 7) is 4.86. The molecule has 0 N–H and O–H groups in total. The largest absolute Gasteiger partial charge is 0.356 e. The molecule has 1 amide bonds. The Morgan fingerprint density at radius 2 is 2.16 bits per heavy atom. The number of rotatable bonds is 0. The van der Waals surface area contributed by atoms with Crippen LogP contribution in [-0.4, -0.2) is 34.3 Å². The number of halogens is 1. The van der Waals surface area contributed by atoms with Gasteiger partial charge in [-0.3, -0.25) is 9.59 Å². The molecule has 5 nitrogen and oxygen atoms in total. The maximum absolute atomic E-state index is 12.5. The Morgan fingerprint density at radius 1 is 1.42 bits per heavy atom. The van der Waals surface area contributed by atoms with E-state index >= 15 is 0 Å². The minimum absolute atomic E-state index is 0.0150. The topological polar surface area (TPSA) is 51.5 Å². The van der Waals surface area contributed by atoms with Crippen molar-refractivity contribution in [2.45, 2.75) is 39.1 Å². The number of carbonyl (C=O) groups excluding carboxylic acids is 1. The fourth-order valence-electron chi connectivity index (χ4n) is 2.76. The van der Waals surface area contributed by atoms with Crippen molar-refractivity contribution in [3.63, 3.8) is 0 Å². The monoisotopic (exact) mass is 282 g/mol. The first-order valence-corrected chi connectivity index (χ1v) is 6.72. The van der Waals surface area contributed by atoms with E-state index in [-0.39, 0.29) is 34.3 Å². The summed E-state index contributed by atoms with van der Waals surface area (Å²) in [7, 11) is 0. The molecule has 1 aromatic rings. The van der Waals surface area contributed by atoms with Gasteiger partial charge in [0.05, 0.1) is 13.2 Å². The van der Waals surface area contributed by atoms with Gasteiger partial charge in [0.2, 0.25) is 5.43 Å². The summed E-state index contributed by atoms with van der Waals surface area (Å²) in [6, 6.07) is 0.104. The molecule has 0 bridgehead atoms. The van der Waals surface area contributed by atoms with E-state index in [1.165, 1.54) is 0 Å². The number of hydrogen-bond donors (Lipinski definition) is 0. The van der Waals surface area contributed by atoms with Gasteiger partial charge in [0, 0.05) is 17.8 Å². The molecule has 2 atom stereocenters. The van der Waals surface area contributed by atoms with E-state index in [1.54, 1.807) is 22.6 Å². The van der Waals surface area contributed by atoms with Gasteiger partial charge in [-0.1, -0.05) is 11.6 Å². The molecular formula is C13H15ClN2O3. The summed E-state index contributed by atoms with van der Waals surface area (Å²) >= 11 is 6.07. The molecule has 2 aliphatic rings. The van der Waals surface area contributed by atoms with Crippen molar-refractivity contribution in [3.05, 3.63) is 32.7 Å². The first-order valence-electron chi connectivity index (χ1n) is 6.34. The van der Waals surface area contributed by atoms with Crippen LogP contribution >= 0.6 is 11.6 Å². The summed E-state index contributed by atoms with van der Waals surface area (Å²) in [5.41, 5.74) is 0.551. The van der Waals surface area contributed by atoms with Crippen LogP contribution in [0.15, 0.2) is 11.0 Å². The quantitative estimate of drug-likeness (QED) is 0.723. The third-order valence-electron chi connectivity index (χ3n) is 3.82. The molecular weight excluding hydrogens is 268 g/mol. The summed E-state index contributed by atoms with van der Waals surface area (Å²) in [4.78, 5) is 26.1. The van der Waals surface area contributed by atoms with Crippen molar-refractivity contribution in [3.8, 4) is 0 Å². The lowest BCUT2D eigenvalue weighted by Crippen LogP contribution is -2.57. The predicted octanol–water partition coefficient (Wildman–Crippen LogP) is 1.40. The highest BCUT2D eigenvalue weighted by molar-refractivity contribution is 6.33. The van der Waals surface area contributed by atoms with E-state index in [0.29, 0.717) is 18.7 Å². The Bertz CT molecular complexity index is 611. The van der Waals surface area contributed by atoms with E-state index in [9.17, 15) is 9.59 Å². The van der Waals surface area contributed by atoms with Gasteiger partial charge >= 0.3 is 0 Å². The minimum Gasteiger partial charge on any atom is -0.356 e. The normalized spacial score (nSPS) is 26.1. The SMILES string of the molecule is Cc1cn2c(c(Cl)c1=O)C(=O)N1C(C2)OCC[C@H]1C. The maximum atomic E-state index is 12.5. The van der Waals surface area contributed by atoms with Crippen molar-refractivity contribution in [2.24, 2.45) is 0 Å². The van der Waals surface area contributed by atoms with E-state index in [4.69, 9.17) is 16.3 Å². The molecule has 1 fully saturated rings. The van der Waals surface area contributed by atoms with Crippen LogP contribution in [0.4, 0.5) is 0 Å². The van der Waals surface area contributed by atoms with Crippen molar-refractivity contribution in [1.29, 1.82) is 0 Å². The molecule has 19 heavy (non-hydrogen) atoms. The second-order valence-corrected chi connectivity index (χ2v) is 5.51. The summed E-state index contributed by atoms with van der Waals surface area (Å²) in [5.74, 6) is -0.217. The highest BCUT2D eigenvalue weighted by atomic mass is 35.5. The van der Waals surface area contributed by atoms with Crippen LogP contribution in [0.25, 0.3) is 0 Å². The summed E-state index contributed by atoms with van der Waals surface area (Å²) in [6.07, 6.45) is 2.22. The van der Waals surface area contributed by atoms with Gasteiger partial charge in [0.25, 0.3) is 5.91 Å². The lowest BCUT2D eigenvalue weighted by atomic mass is 10.1. The van der Waals surface area contributed by atoms with Gasteiger partial charge in [-0.15, -0.1) is 0 Å². The Morgan fingerprint density at radius 3 is 2.89 bits per heavy atom. The van der Waals surface area contributed by atoms with Crippen molar-refractivity contribution in [1.82, 2.24) is 9.47 Å². The van der Waals surface area contributed by atoms with Crippen LogP contribution in [0.3, 0.4) is 0 Å². The number of carbonyl (C=O) groups is 1. The molecule has 1 aromatic heterocycles. The fourth-order valence-corrected chi connectivity index (χ4v) is 3.10. The van der Waals surface area contributed by atoms with E-state index < -0.39 is 0 Å². The van der Waals surface area contributed by atoms with Gasteiger partial charge < -0.3 is 14.2 Å². The average molecular weight is 283 g/mol. The van der Waals surface area contributed by atoms with Gasteiger partial charge in [0.1, 0.15) is 10.7 Å². The van der Waals surface area contributed by atoms with Crippen LogP contribution in [0.1, 0.15) is 29.4 Å². The molecule has 0 saturated carbocycles. The number of aromatic nitrogens is 1. The smallest absolute Gasteiger partial charge is 0.274 e. The van der Waals surface area contributed by atoms with Gasteiger partial charge in [0.15, 0.2) is 6.23 Å². The highest BCUT2D eigenvalue weighted by Crippen LogP contribution is 2.28. The second-order valence-electron chi connectivity index (χ2n) is 5.13. The van der Waals surface area contributed by atoms with Gasteiger partial charge in [-0.05, 0) is 20.3 Å². The fraction of sp³-hybridized carbons (Fsp3) is 0.538. The number of pyridine rings is 1. The summed E-state index contributed by atoms with van der Waals surface area (Å²) < 4.78 is 7.39. The second kappa shape index (κ2) is 4.35. The van der Waals surface area contributed by atoms with Crippen molar-refractivity contribution in [2.75, 3.05) is 6.61 Å². The number of nitrogens with zero attached hydrogens (tertiary/aromatic N) is 2. The number of ether oxygens (including phenoxy) is 1. The first kappa shape index (κ1) is 12.7. The van der Waals surface area contributed by atoms with Gasteiger partial charge in [-0.25, -0.2) is 0 Å². The van der Waals surface area contributed by atoms with E-state index in [0.717, 1.165) is 6.42 Å². The van der Waals surface area contributed by atoms with Crippen LogP contribution in [0.2, 0.25) is 5.02 Å². The number of hydrogen-bond acceptors (Lipinski definition) is 3. The lowest BCUT2D eigenvalue weighted by Gasteiger charge is -2.44. The zero-order valence-corrected chi connectivity index (χ0v) is 11.6. The van der Waals surface area contributed by atoms with Crippen molar-refractivity contribution >= 4 is 17.5 Å². The standard InChI is InChI=1S/C13H15ClN2O3/c1-7-5-15-6-9-16(8(2)3-4-19-9)13(18)11(15)10(14)12(7)17/h5,8-9H,3-4,6H2,1-2H3/t8-,9?/m1/s1. The average Bonchev–Trinajstić information content (AvgIpc) is 2.35. The molecule has 3 rings (SSSR count). The zero-order chi connectivity index (χ0) is 13.7. The molecule has 2 aliphatic heterocycles. The predicted molar refractivity (Wildman–Crippen MR) is 70.4 cm³/mol. The van der Waals surface area contributed by atoms with E-state index in [1.807, 2.05) is 6.92 Å². The van der Waals surface area contributed by atoms with Gasteiger partial charge in [-0.2, -0.15) is 0 Å². The number of amides is 1. The van der Waals surface area contributed by atoms with Crippen LogP contribution in [0, 0.1) is 6.92 Å². The molecule has 1 unspecified atom stereocenters. The lowest BCUT2D eigenvalue weighted by molar-refractivity contribution is -0.112. The number of fused-ring (bicyclic) bond motifs is 2. The van der Waals surface area contributed by atoms with Crippen molar-refractivity contribution < 1.29 is 9.53 Å². The maximum Gasteiger partial charge on any atom is 0.274 e. The Labute approximate surface area is 115 Å². The molecule has 0 spiro atoms. The minimum atomic E-state index is -0.273. The molecule has 0 aromatic carbocycles. The third-order valence-corrected chi connectivity index (χ3v) is 4.17. The molecule has 6 heteroatoms. The third kappa shape index (κ3) is 1.80. The molecule has 0 radical (unpaired) electrons. The van der Waals surface area contributed by atoms with E-state index in [2.05, 4.69) is 0 Å². The Kier molecular flexibility index (Phi) is 2.91. The first-order chi connectivity index (χ1) is 9.00. The molecule has 3 heterocycles. The molecule has 1 saturated heterocycles. The zero-order valence-electron chi connectivity index (χ0n) is 10.9. The Balaban J connectivity index is 2.16. The number of aryl methyl sites for hydroxylation is 1. The van der Waals surface area contributed by atoms with Crippen LogP contribution in [0.5, 0.6) is 0 Å². The Hall–Kier alpha value is -1.33.